The van der Waals surface area contributed by atoms with Gasteiger partial charge in [0.15, 0.2) is 5.82 Å². The number of halogens is 1. The number of hydrogen-bond acceptors (Lipinski definition) is 4. The van der Waals surface area contributed by atoms with Gasteiger partial charge in [0.25, 0.3) is 0 Å². The molecule has 1 N–H and O–H groups in total. The van der Waals surface area contributed by atoms with Crippen molar-refractivity contribution in [2.24, 2.45) is 0 Å². The third kappa shape index (κ3) is 3.78. The van der Waals surface area contributed by atoms with Gasteiger partial charge >= 0.3 is 0 Å². The molecule has 2 aromatic rings. The maximum absolute atomic E-state index is 11.9. The van der Waals surface area contributed by atoms with Gasteiger partial charge in [0, 0.05) is 0 Å². The summed E-state index contributed by atoms with van der Waals surface area (Å²) < 4.78 is 26.6. The zero-order valence-corrected chi connectivity index (χ0v) is 11.6. The van der Waals surface area contributed by atoms with Gasteiger partial charge in [0.1, 0.15) is 4.60 Å². The lowest BCUT2D eigenvalue weighted by Gasteiger charge is -2.06. The minimum Gasteiger partial charge on any atom is -0.266 e. The van der Waals surface area contributed by atoms with Crippen LogP contribution in [-0.4, -0.2) is 18.4 Å². The SMILES string of the molecule is O=S(=O)(Cc1ccccc1)Nc1cnc(Br)cn1. The van der Waals surface area contributed by atoms with E-state index in [1.54, 1.807) is 24.3 Å². The van der Waals surface area contributed by atoms with Crippen molar-refractivity contribution in [1.82, 2.24) is 9.97 Å². The van der Waals surface area contributed by atoms with Gasteiger partial charge in [0.2, 0.25) is 10.0 Å². The normalized spacial score (nSPS) is 11.2. The van der Waals surface area contributed by atoms with E-state index in [1.165, 1.54) is 12.4 Å². The highest BCUT2D eigenvalue weighted by Crippen LogP contribution is 2.11. The Hall–Kier alpha value is -1.47. The highest BCUT2D eigenvalue weighted by atomic mass is 79.9. The number of aromatic nitrogens is 2. The van der Waals surface area contributed by atoms with E-state index in [1.807, 2.05) is 6.07 Å². The molecule has 0 aliphatic carbocycles. The minimum atomic E-state index is -3.47. The van der Waals surface area contributed by atoms with Crippen LogP contribution in [0.1, 0.15) is 5.56 Å². The molecule has 0 saturated carbocycles. The van der Waals surface area contributed by atoms with Gasteiger partial charge in [-0.3, -0.25) is 4.72 Å². The molecule has 5 nitrogen and oxygen atoms in total. The van der Waals surface area contributed by atoms with Crippen molar-refractivity contribution in [3.05, 3.63) is 52.9 Å². The van der Waals surface area contributed by atoms with E-state index in [4.69, 9.17) is 0 Å². The summed E-state index contributed by atoms with van der Waals surface area (Å²) in [5, 5.41) is 0. The van der Waals surface area contributed by atoms with Crippen LogP contribution < -0.4 is 4.72 Å². The topological polar surface area (TPSA) is 72.0 Å². The number of nitrogens with one attached hydrogen (secondary N) is 1. The summed E-state index contributed by atoms with van der Waals surface area (Å²) in [5.74, 6) is 0.111. The van der Waals surface area contributed by atoms with Crippen LogP contribution in [0.2, 0.25) is 0 Å². The van der Waals surface area contributed by atoms with E-state index in [0.717, 1.165) is 5.56 Å². The largest absolute Gasteiger partial charge is 0.266 e. The highest BCUT2D eigenvalue weighted by molar-refractivity contribution is 9.10. The Labute approximate surface area is 113 Å². The fraction of sp³-hybridized carbons (Fsp3) is 0.0909. The Bertz CT molecular complexity index is 614. The first-order valence-electron chi connectivity index (χ1n) is 5.07. The van der Waals surface area contributed by atoms with Gasteiger partial charge in [-0.05, 0) is 21.5 Å². The van der Waals surface area contributed by atoms with E-state index in [9.17, 15) is 8.42 Å². The number of sulfonamides is 1. The van der Waals surface area contributed by atoms with Gasteiger partial charge in [-0.25, -0.2) is 18.4 Å². The van der Waals surface area contributed by atoms with Gasteiger partial charge < -0.3 is 0 Å². The summed E-state index contributed by atoms with van der Waals surface area (Å²) in [6.07, 6.45) is 2.78. The summed E-state index contributed by atoms with van der Waals surface area (Å²) in [6, 6.07) is 8.94. The van der Waals surface area contributed by atoms with Gasteiger partial charge in [0.05, 0.1) is 18.1 Å². The molecule has 0 radical (unpaired) electrons. The highest BCUT2D eigenvalue weighted by Gasteiger charge is 2.12. The van der Waals surface area contributed by atoms with Crippen molar-refractivity contribution in [1.29, 1.82) is 0 Å². The Kier molecular flexibility index (Phi) is 3.93. The second-order valence-corrected chi connectivity index (χ2v) is 6.11. The van der Waals surface area contributed by atoms with Gasteiger partial charge in [-0.1, -0.05) is 30.3 Å². The maximum Gasteiger partial charge on any atom is 0.238 e. The first-order chi connectivity index (χ1) is 8.55. The summed E-state index contributed by atoms with van der Waals surface area (Å²) in [5.41, 5.74) is 0.718. The van der Waals surface area contributed by atoms with Crippen LogP contribution in [0, 0.1) is 0 Å². The Balaban J connectivity index is 2.10. The molecule has 1 heterocycles. The summed E-state index contributed by atoms with van der Waals surface area (Å²) >= 11 is 3.13. The second-order valence-electron chi connectivity index (χ2n) is 3.57. The molecule has 0 aliphatic rings. The molecule has 0 atom stereocenters. The summed E-state index contributed by atoms with van der Waals surface area (Å²) in [4.78, 5) is 7.80. The monoisotopic (exact) mass is 327 g/mol. The fourth-order valence-corrected chi connectivity index (χ4v) is 2.69. The van der Waals surface area contributed by atoms with E-state index in [2.05, 4.69) is 30.6 Å². The van der Waals surface area contributed by atoms with Crippen LogP contribution in [0.25, 0.3) is 0 Å². The lowest BCUT2D eigenvalue weighted by atomic mass is 10.2. The van der Waals surface area contributed by atoms with Crippen LogP contribution in [-0.2, 0) is 15.8 Å². The third-order valence-electron chi connectivity index (χ3n) is 2.08. The molecule has 7 heteroatoms. The molecule has 94 valence electrons. The molecule has 2 rings (SSSR count). The lowest BCUT2D eigenvalue weighted by Crippen LogP contribution is -2.16. The quantitative estimate of drug-likeness (QED) is 0.934. The molecule has 18 heavy (non-hydrogen) atoms. The molecule has 0 saturated heterocycles. The van der Waals surface area contributed by atoms with Crippen LogP contribution >= 0.6 is 15.9 Å². The fourth-order valence-electron chi connectivity index (χ4n) is 1.35. The third-order valence-corrected chi connectivity index (χ3v) is 3.72. The predicted octanol–water partition coefficient (Wildman–Crippen LogP) is 2.18. The van der Waals surface area contributed by atoms with Crippen LogP contribution in [0.15, 0.2) is 47.3 Å². The van der Waals surface area contributed by atoms with Crippen molar-refractivity contribution in [3.8, 4) is 0 Å². The van der Waals surface area contributed by atoms with Crippen molar-refractivity contribution in [2.45, 2.75) is 5.75 Å². The maximum atomic E-state index is 11.9. The number of nitrogens with zero attached hydrogens (tertiary/aromatic N) is 2. The van der Waals surface area contributed by atoms with E-state index in [0.29, 0.717) is 4.60 Å². The standard InChI is InChI=1S/C11H10BrN3O2S/c12-10-6-14-11(7-13-10)15-18(16,17)8-9-4-2-1-3-5-9/h1-7H,8H2,(H,14,15). The predicted molar refractivity (Wildman–Crippen MR) is 72.4 cm³/mol. The lowest BCUT2D eigenvalue weighted by molar-refractivity contribution is 0.600. The molecule has 0 spiro atoms. The first-order valence-corrected chi connectivity index (χ1v) is 7.52. The molecule has 0 fully saturated rings. The van der Waals surface area contributed by atoms with Crippen molar-refractivity contribution >= 4 is 31.8 Å². The molecule has 0 unspecified atom stereocenters. The number of hydrogen-bond donors (Lipinski definition) is 1. The number of rotatable bonds is 4. The Morgan fingerprint density at radius 3 is 2.44 bits per heavy atom. The molecule has 0 bridgehead atoms. The summed E-state index contributed by atoms with van der Waals surface area (Å²) in [7, 11) is -3.47. The van der Waals surface area contributed by atoms with E-state index >= 15 is 0 Å². The Morgan fingerprint density at radius 1 is 1.11 bits per heavy atom. The summed E-state index contributed by atoms with van der Waals surface area (Å²) in [6.45, 7) is 0. The number of anilines is 1. The van der Waals surface area contributed by atoms with Gasteiger partial charge in [-0.2, -0.15) is 0 Å². The molecule has 1 aromatic heterocycles. The van der Waals surface area contributed by atoms with E-state index < -0.39 is 10.0 Å². The number of benzene rings is 1. The van der Waals surface area contributed by atoms with Gasteiger partial charge in [-0.15, -0.1) is 0 Å². The molecular formula is C11H10BrN3O2S. The molecule has 0 aliphatic heterocycles. The van der Waals surface area contributed by atoms with Crippen molar-refractivity contribution in [3.63, 3.8) is 0 Å². The molecule has 1 aromatic carbocycles. The smallest absolute Gasteiger partial charge is 0.238 e. The van der Waals surface area contributed by atoms with Crippen molar-refractivity contribution in [2.75, 3.05) is 4.72 Å². The van der Waals surface area contributed by atoms with E-state index in [-0.39, 0.29) is 11.6 Å². The molecule has 0 amide bonds. The Morgan fingerprint density at radius 2 is 1.83 bits per heavy atom. The average Bonchev–Trinajstić information content (AvgIpc) is 2.32. The zero-order chi connectivity index (χ0) is 13.0. The van der Waals surface area contributed by atoms with Crippen LogP contribution in [0.5, 0.6) is 0 Å². The van der Waals surface area contributed by atoms with Crippen molar-refractivity contribution < 1.29 is 8.42 Å². The average molecular weight is 328 g/mol. The van der Waals surface area contributed by atoms with Crippen LogP contribution in [0.4, 0.5) is 5.82 Å². The zero-order valence-electron chi connectivity index (χ0n) is 9.25. The minimum absolute atomic E-state index is 0.0917. The molecular weight excluding hydrogens is 318 g/mol. The second kappa shape index (κ2) is 5.45. The van der Waals surface area contributed by atoms with Crippen LogP contribution in [0.3, 0.4) is 0 Å². The first kappa shape index (κ1) is 13.0.